The van der Waals surface area contributed by atoms with E-state index in [-0.39, 0.29) is 11.9 Å². The molecule has 3 nitrogen and oxygen atoms in total. The van der Waals surface area contributed by atoms with Crippen molar-refractivity contribution in [2.45, 2.75) is 37.8 Å². The standard InChI is InChI=1S/C18H22BrClN2O/c1-21(18(23)14-12-13(20)8-9-15(14)19)16-6-2-3-7-17(16)22-10-4-5-11-22/h2,6,8-9,12,16-17H,3-5,7,10-11H2,1H3/t16-,17-/m0/s1. The van der Waals surface area contributed by atoms with Crippen LogP contribution in [0.15, 0.2) is 34.8 Å². The molecule has 1 aliphatic carbocycles. The van der Waals surface area contributed by atoms with Gasteiger partial charge in [0.05, 0.1) is 11.6 Å². The predicted octanol–water partition coefficient (Wildman–Crippen LogP) is 4.36. The minimum absolute atomic E-state index is 0.0140. The lowest BCUT2D eigenvalue weighted by atomic mass is 9.93. The van der Waals surface area contributed by atoms with Crippen LogP contribution in [0, 0.1) is 0 Å². The molecular weight excluding hydrogens is 376 g/mol. The number of benzene rings is 1. The van der Waals surface area contributed by atoms with E-state index >= 15 is 0 Å². The Labute approximate surface area is 151 Å². The summed E-state index contributed by atoms with van der Waals surface area (Å²) in [7, 11) is 1.90. The minimum Gasteiger partial charge on any atom is -0.334 e. The lowest BCUT2D eigenvalue weighted by Gasteiger charge is -2.40. The third-order valence-corrected chi connectivity index (χ3v) is 5.82. The first-order valence-corrected chi connectivity index (χ1v) is 9.38. The molecule has 1 aliphatic heterocycles. The molecule has 23 heavy (non-hydrogen) atoms. The Morgan fingerprint density at radius 3 is 2.83 bits per heavy atom. The van der Waals surface area contributed by atoms with Gasteiger partial charge in [-0.25, -0.2) is 0 Å². The van der Waals surface area contributed by atoms with Crippen LogP contribution in [-0.2, 0) is 0 Å². The Hall–Kier alpha value is -0.840. The van der Waals surface area contributed by atoms with Gasteiger partial charge in [-0.15, -0.1) is 0 Å². The second-order valence-corrected chi connectivity index (χ2v) is 7.64. The topological polar surface area (TPSA) is 23.6 Å². The van der Waals surface area contributed by atoms with Crippen molar-refractivity contribution in [3.8, 4) is 0 Å². The van der Waals surface area contributed by atoms with E-state index in [1.807, 2.05) is 18.0 Å². The van der Waals surface area contributed by atoms with Gasteiger partial charge in [-0.2, -0.15) is 0 Å². The molecule has 0 aromatic heterocycles. The maximum atomic E-state index is 13.0. The largest absolute Gasteiger partial charge is 0.334 e. The van der Waals surface area contributed by atoms with Gasteiger partial charge in [-0.1, -0.05) is 23.8 Å². The Morgan fingerprint density at radius 2 is 2.09 bits per heavy atom. The lowest BCUT2D eigenvalue weighted by molar-refractivity contribution is 0.0647. The number of likely N-dealkylation sites (tertiary alicyclic amines) is 1. The van der Waals surface area contributed by atoms with E-state index in [1.165, 1.54) is 12.8 Å². The fourth-order valence-corrected chi connectivity index (χ4v) is 4.24. The highest BCUT2D eigenvalue weighted by atomic mass is 79.9. The van der Waals surface area contributed by atoms with E-state index in [0.29, 0.717) is 16.6 Å². The lowest BCUT2D eigenvalue weighted by Crippen LogP contribution is -2.51. The van der Waals surface area contributed by atoms with Crippen LogP contribution >= 0.6 is 27.5 Å². The molecule has 0 N–H and O–H groups in total. The quantitative estimate of drug-likeness (QED) is 0.708. The number of hydrogen-bond donors (Lipinski definition) is 0. The summed E-state index contributed by atoms with van der Waals surface area (Å²) in [5.74, 6) is 0.0140. The molecule has 0 saturated carbocycles. The van der Waals surface area contributed by atoms with Crippen molar-refractivity contribution in [3.05, 3.63) is 45.4 Å². The molecule has 1 heterocycles. The highest BCUT2D eigenvalue weighted by Gasteiger charge is 2.34. The molecule has 0 unspecified atom stereocenters. The van der Waals surface area contributed by atoms with Crippen LogP contribution in [0.5, 0.6) is 0 Å². The SMILES string of the molecule is CN(C(=O)c1cc(Cl)ccc1Br)[C@H]1C=CCC[C@@H]1N1CCCC1. The number of halogens is 2. The summed E-state index contributed by atoms with van der Waals surface area (Å²) in [6.07, 6.45) is 9.15. The molecule has 3 rings (SSSR count). The first-order chi connectivity index (χ1) is 11.1. The van der Waals surface area contributed by atoms with Crippen molar-refractivity contribution in [3.63, 3.8) is 0 Å². The van der Waals surface area contributed by atoms with Crippen molar-refractivity contribution < 1.29 is 4.79 Å². The number of likely N-dealkylation sites (N-methyl/N-ethyl adjacent to an activating group) is 1. The van der Waals surface area contributed by atoms with Crippen molar-refractivity contribution in [1.29, 1.82) is 0 Å². The number of hydrogen-bond acceptors (Lipinski definition) is 2. The van der Waals surface area contributed by atoms with Gasteiger partial charge in [0.1, 0.15) is 0 Å². The van der Waals surface area contributed by atoms with Gasteiger partial charge in [0.2, 0.25) is 0 Å². The number of nitrogens with zero attached hydrogens (tertiary/aromatic N) is 2. The Bertz CT molecular complexity index is 613. The van der Waals surface area contributed by atoms with Crippen molar-refractivity contribution >= 4 is 33.4 Å². The molecule has 0 spiro atoms. The van der Waals surface area contributed by atoms with Crippen LogP contribution in [-0.4, -0.2) is 47.9 Å². The minimum atomic E-state index is 0.0140. The average Bonchev–Trinajstić information content (AvgIpc) is 3.10. The fourth-order valence-electron chi connectivity index (χ4n) is 3.65. The highest BCUT2D eigenvalue weighted by Crippen LogP contribution is 2.28. The number of amides is 1. The molecular formula is C18H22BrClN2O. The number of carbonyl (C=O) groups is 1. The van der Waals surface area contributed by atoms with Crippen molar-refractivity contribution in [1.82, 2.24) is 9.80 Å². The van der Waals surface area contributed by atoms with Crippen LogP contribution in [0.25, 0.3) is 0 Å². The third-order valence-electron chi connectivity index (χ3n) is 4.89. The summed E-state index contributed by atoms with van der Waals surface area (Å²) < 4.78 is 0.788. The molecule has 1 aromatic rings. The van der Waals surface area contributed by atoms with Crippen LogP contribution in [0.1, 0.15) is 36.0 Å². The van der Waals surface area contributed by atoms with Crippen molar-refractivity contribution in [2.75, 3.05) is 20.1 Å². The smallest absolute Gasteiger partial charge is 0.255 e. The maximum Gasteiger partial charge on any atom is 0.255 e. The Balaban J connectivity index is 1.83. The summed E-state index contributed by atoms with van der Waals surface area (Å²) >= 11 is 9.54. The zero-order chi connectivity index (χ0) is 16.4. The molecule has 2 aliphatic rings. The molecule has 1 aromatic carbocycles. The van der Waals surface area contributed by atoms with Crippen LogP contribution in [0.2, 0.25) is 5.02 Å². The zero-order valence-electron chi connectivity index (χ0n) is 13.3. The molecule has 0 bridgehead atoms. The van der Waals surface area contributed by atoms with Crippen LogP contribution < -0.4 is 0 Å². The summed E-state index contributed by atoms with van der Waals surface area (Å²) in [5.41, 5.74) is 0.624. The first-order valence-electron chi connectivity index (χ1n) is 8.21. The number of carbonyl (C=O) groups excluding carboxylic acids is 1. The molecule has 124 valence electrons. The second kappa shape index (κ2) is 7.37. The maximum absolute atomic E-state index is 13.0. The van der Waals surface area contributed by atoms with Gasteiger partial charge < -0.3 is 4.90 Å². The van der Waals surface area contributed by atoms with Crippen LogP contribution in [0.4, 0.5) is 0 Å². The summed E-state index contributed by atoms with van der Waals surface area (Å²) in [6.45, 7) is 2.30. The summed E-state index contributed by atoms with van der Waals surface area (Å²) in [6, 6.07) is 5.91. The first kappa shape index (κ1) is 17.0. The molecule has 1 amide bonds. The number of allylic oxidation sites excluding steroid dienone is 1. The predicted molar refractivity (Wildman–Crippen MR) is 98.0 cm³/mol. The highest BCUT2D eigenvalue weighted by molar-refractivity contribution is 9.10. The molecule has 2 atom stereocenters. The monoisotopic (exact) mass is 396 g/mol. The van der Waals surface area contributed by atoms with Crippen molar-refractivity contribution in [2.24, 2.45) is 0 Å². The Kier molecular flexibility index (Phi) is 5.45. The molecule has 1 saturated heterocycles. The normalized spacial score (nSPS) is 24.8. The van der Waals surface area contributed by atoms with E-state index < -0.39 is 0 Å². The van der Waals surface area contributed by atoms with Crippen LogP contribution in [0.3, 0.4) is 0 Å². The van der Waals surface area contributed by atoms with Gasteiger partial charge in [0.15, 0.2) is 0 Å². The average molecular weight is 398 g/mol. The summed E-state index contributed by atoms with van der Waals surface area (Å²) in [5, 5.41) is 0.584. The van der Waals surface area contributed by atoms with Gasteiger partial charge in [-0.3, -0.25) is 9.69 Å². The fraction of sp³-hybridized carbons (Fsp3) is 0.500. The van der Waals surface area contributed by atoms with Gasteiger partial charge in [-0.05, 0) is 72.9 Å². The second-order valence-electron chi connectivity index (χ2n) is 6.35. The molecule has 5 heteroatoms. The Morgan fingerprint density at radius 1 is 1.35 bits per heavy atom. The van der Waals surface area contributed by atoms with E-state index in [0.717, 1.165) is 30.4 Å². The van der Waals surface area contributed by atoms with E-state index in [4.69, 9.17) is 11.6 Å². The van der Waals surface area contributed by atoms with E-state index in [2.05, 4.69) is 33.0 Å². The van der Waals surface area contributed by atoms with E-state index in [9.17, 15) is 4.79 Å². The van der Waals surface area contributed by atoms with Gasteiger partial charge in [0.25, 0.3) is 5.91 Å². The summed E-state index contributed by atoms with van der Waals surface area (Å²) in [4.78, 5) is 17.4. The van der Waals surface area contributed by atoms with E-state index in [1.54, 1.807) is 12.1 Å². The number of rotatable bonds is 3. The van der Waals surface area contributed by atoms with Gasteiger partial charge in [0, 0.05) is 22.6 Å². The third kappa shape index (κ3) is 3.65. The molecule has 0 radical (unpaired) electrons. The zero-order valence-corrected chi connectivity index (χ0v) is 15.7. The van der Waals surface area contributed by atoms with Gasteiger partial charge >= 0.3 is 0 Å². The molecule has 1 fully saturated rings.